The van der Waals surface area contributed by atoms with E-state index in [9.17, 15) is 0 Å². The quantitative estimate of drug-likeness (QED) is 0.438. The smallest absolute Gasteiger partial charge is 0.181 e. The lowest BCUT2D eigenvalue weighted by Gasteiger charge is -2.08. The van der Waals surface area contributed by atoms with Gasteiger partial charge in [-0.25, -0.2) is 9.97 Å². The molecular formula is C19H15N7S2. The summed E-state index contributed by atoms with van der Waals surface area (Å²) in [6, 6.07) is 12.2. The van der Waals surface area contributed by atoms with Crippen molar-refractivity contribution in [2.45, 2.75) is 16.8 Å². The topological polar surface area (TPSA) is 83.8 Å². The van der Waals surface area contributed by atoms with Gasteiger partial charge >= 0.3 is 0 Å². The van der Waals surface area contributed by atoms with Crippen LogP contribution in [0.25, 0.3) is 16.9 Å². The number of aryl methyl sites for hydroxylation is 1. The summed E-state index contributed by atoms with van der Waals surface area (Å²) in [7, 11) is 0. The van der Waals surface area contributed by atoms with E-state index in [4.69, 9.17) is 9.97 Å². The molecule has 0 unspecified atom stereocenters. The zero-order valence-electron chi connectivity index (χ0n) is 14.8. The minimum Gasteiger partial charge on any atom is -0.328 e. The van der Waals surface area contributed by atoms with Crippen molar-refractivity contribution in [3.8, 4) is 11.3 Å². The fraction of sp³-hybridized carbons (Fsp3) is 0.0526. The van der Waals surface area contributed by atoms with Crippen molar-refractivity contribution in [2.24, 2.45) is 0 Å². The molecule has 7 nitrogen and oxygen atoms in total. The molecule has 4 heterocycles. The van der Waals surface area contributed by atoms with Gasteiger partial charge in [-0.05, 0) is 36.7 Å². The molecule has 0 bridgehead atoms. The largest absolute Gasteiger partial charge is 0.328 e. The molecule has 0 aliphatic carbocycles. The molecular weight excluding hydrogens is 390 g/mol. The number of nitrogens with zero attached hydrogens (tertiary/aromatic N) is 5. The van der Waals surface area contributed by atoms with E-state index in [0.717, 1.165) is 37.5 Å². The lowest BCUT2D eigenvalue weighted by atomic mass is 10.3. The maximum atomic E-state index is 4.82. The van der Waals surface area contributed by atoms with Crippen LogP contribution in [0, 0.1) is 6.92 Å². The summed E-state index contributed by atoms with van der Waals surface area (Å²) < 4.78 is 6.33. The number of anilines is 2. The maximum Gasteiger partial charge on any atom is 0.181 e. The molecule has 138 valence electrons. The Kier molecular flexibility index (Phi) is 4.30. The minimum atomic E-state index is 0.694. The zero-order valence-corrected chi connectivity index (χ0v) is 16.5. The third-order valence-corrected chi connectivity index (χ3v) is 5.75. The third kappa shape index (κ3) is 3.37. The van der Waals surface area contributed by atoms with Gasteiger partial charge in [0, 0.05) is 29.0 Å². The molecule has 0 aliphatic heterocycles. The predicted molar refractivity (Wildman–Crippen MR) is 111 cm³/mol. The van der Waals surface area contributed by atoms with E-state index in [1.54, 1.807) is 18.0 Å². The van der Waals surface area contributed by atoms with Gasteiger partial charge in [0.25, 0.3) is 0 Å². The number of rotatable bonds is 5. The predicted octanol–water partition coefficient (Wildman–Crippen LogP) is 4.78. The number of imidazole rings is 1. The number of aromatic nitrogens is 6. The summed E-state index contributed by atoms with van der Waals surface area (Å²) >= 11 is 3.02. The van der Waals surface area contributed by atoms with Gasteiger partial charge < -0.3 is 9.72 Å². The Morgan fingerprint density at radius 3 is 2.79 bits per heavy atom. The first-order valence-electron chi connectivity index (χ1n) is 8.57. The molecule has 0 atom stereocenters. The van der Waals surface area contributed by atoms with Crippen LogP contribution in [0.2, 0.25) is 0 Å². The van der Waals surface area contributed by atoms with E-state index in [-0.39, 0.29) is 0 Å². The summed E-state index contributed by atoms with van der Waals surface area (Å²) in [6.07, 6.45) is 7.57. The molecule has 0 saturated carbocycles. The normalized spacial score (nSPS) is 11.2. The van der Waals surface area contributed by atoms with Crippen molar-refractivity contribution < 1.29 is 0 Å². The highest BCUT2D eigenvalue weighted by Gasteiger charge is 2.14. The number of nitrogens with one attached hydrogen (secondary N) is 2. The molecule has 9 heteroatoms. The van der Waals surface area contributed by atoms with Gasteiger partial charge in [0.15, 0.2) is 11.5 Å². The standard InChI is InChI=1S/C19H15N7S2/c1-12-7-16(28-25-12)23-18-19-22-15(13-8-20-21-9-13)10-26(19)11-17(24-18)27-14-5-3-2-4-6-14/h2-11H,1H3,(H,20,21)(H,23,24). The van der Waals surface area contributed by atoms with Crippen LogP contribution >= 0.6 is 23.3 Å². The van der Waals surface area contributed by atoms with Crippen LogP contribution in [0.5, 0.6) is 0 Å². The van der Waals surface area contributed by atoms with Crippen molar-refractivity contribution in [2.75, 3.05) is 5.32 Å². The van der Waals surface area contributed by atoms with Crippen molar-refractivity contribution in [1.29, 1.82) is 0 Å². The molecule has 0 aliphatic rings. The minimum absolute atomic E-state index is 0.694. The van der Waals surface area contributed by atoms with Gasteiger partial charge in [-0.15, -0.1) is 0 Å². The first-order valence-corrected chi connectivity index (χ1v) is 10.2. The Hall–Kier alpha value is -3.17. The summed E-state index contributed by atoms with van der Waals surface area (Å²) in [5, 5.41) is 12.0. The van der Waals surface area contributed by atoms with Crippen LogP contribution in [-0.4, -0.2) is 28.9 Å². The van der Waals surface area contributed by atoms with E-state index < -0.39 is 0 Å². The molecule has 1 aromatic carbocycles. The molecule has 5 rings (SSSR count). The number of hydrogen-bond donors (Lipinski definition) is 2. The highest BCUT2D eigenvalue weighted by Crippen LogP contribution is 2.31. The van der Waals surface area contributed by atoms with Crippen molar-refractivity contribution >= 4 is 39.8 Å². The SMILES string of the molecule is Cc1cc(Nc2nc(Sc3ccccc3)cn3cc(-c4cn[nH]c4)nc23)sn1. The number of fused-ring (bicyclic) bond motifs is 1. The Labute approximate surface area is 169 Å². The average Bonchev–Trinajstić information content (AvgIpc) is 3.43. The first-order chi connectivity index (χ1) is 13.7. The second-order valence-electron chi connectivity index (χ2n) is 6.14. The third-order valence-electron chi connectivity index (χ3n) is 4.04. The summed E-state index contributed by atoms with van der Waals surface area (Å²) in [5.41, 5.74) is 3.49. The Morgan fingerprint density at radius 2 is 2.04 bits per heavy atom. The fourth-order valence-corrected chi connectivity index (χ4v) is 4.29. The number of hydrogen-bond acceptors (Lipinski definition) is 7. The van der Waals surface area contributed by atoms with Crippen molar-refractivity contribution in [3.05, 3.63) is 66.9 Å². The molecule has 0 saturated heterocycles. The molecule has 0 spiro atoms. The summed E-state index contributed by atoms with van der Waals surface area (Å²) in [4.78, 5) is 10.7. The van der Waals surface area contributed by atoms with Crippen molar-refractivity contribution in [3.63, 3.8) is 0 Å². The molecule has 0 amide bonds. The Morgan fingerprint density at radius 1 is 1.14 bits per heavy atom. The van der Waals surface area contributed by atoms with Crippen LogP contribution in [0.15, 0.2) is 71.1 Å². The van der Waals surface area contributed by atoms with Crippen LogP contribution in [0.4, 0.5) is 10.8 Å². The highest BCUT2D eigenvalue weighted by atomic mass is 32.2. The van der Waals surface area contributed by atoms with E-state index in [1.807, 2.05) is 54.2 Å². The average molecular weight is 406 g/mol. The van der Waals surface area contributed by atoms with E-state index >= 15 is 0 Å². The van der Waals surface area contributed by atoms with E-state index in [1.165, 1.54) is 11.5 Å². The lowest BCUT2D eigenvalue weighted by Crippen LogP contribution is -1.98. The molecule has 28 heavy (non-hydrogen) atoms. The van der Waals surface area contributed by atoms with Gasteiger partial charge in [0.05, 0.1) is 17.6 Å². The Bertz CT molecular complexity index is 1230. The van der Waals surface area contributed by atoms with E-state index in [0.29, 0.717) is 5.82 Å². The van der Waals surface area contributed by atoms with Gasteiger partial charge in [-0.1, -0.05) is 30.0 Å². The van der Waals surface area contributed by atoms with Gasteiger partial charge in [-0.3, -0.25) is 5.10 Å². The van der Waals surface area contributed by atoms with Gasteiger partial charge in [-0.2, -0.15) is 9.47 Å². The highest BCUT2D eigenvalue weighted by molar-refractivity contribution is 7.99. The second kappa shape index (κ2) is 7.10. The summed E-state index contributed by atoms with van der Waals surface area (Å²) in [6.45, 7) is 1.97. The zero-order chi connectivity index (χ0) is 18.9. The number of aromatic amines is 1. The van der Waals surface area contributed by atoms with Crippen LogP contribution in [0.1, 0.15) is 5.69 Å². The molecule has 5 aromatic rings. The fourth-order valence-electron chi connectivity index (χ4n) is 2.79. The molecule has 0 radical (unpaired) electrons. The van der Waals surface area contributed by atoms with Crippen molar-refractivity contribution in [1.82, 2.24) is 28.9 Å². The number of benzene rings is 1. The monoisotopic (exact) mass is 405 g/mol. The van der Waals surface area contributed by atoms with Crippen LogP contribution < -0.4 is 5.32 Å². The lowest BCUT2D eigenvalue weighted by molar-refractivity contribution is 1.02. The number of H-pyrrole nitrogens is 1. The molecule has 4 aromatic heterocycles. The summed E-state index contributed by atoms with van der Waals surface area (Å²) in [5.74, 6) is 0.694. The maximum absolute atomic E-state index is 4.82. The first kappa shape index (κ1) is 17.0. The van der Waals surface area contributed by atoms with Crippen LogP contribution in [0.3, 0.4) is 0 Å². The van der Waals surface area contributed by atoms with E-state index in [2.05, 4.69) is 32.0 Å². The van der Waals surface area contributed by atoms with Crippen LogP contribution in [-0.2, 0) is 0 Å². The Balaban J connectivity index is 1.60. The molecule has 2 N–H and O–H groups in total. The van der Waals surface area contributed by atoms with Gasteiger partial charge in [0.2, 0.25) is 0 Å². The molecule has 0 fully saturated rings. The van der Waals surface area contributed by atoms with Gasteiger partial charge in [0.1, 0.15) is 10.0 Å². The second-order valence-corrected chi connectivity index (χ2v) is 8.04.